The average Bonchev–Trinajstić information content (AvgIpc) is 2.46. The van der Waals surface area contributed by atoms with Crippen molar-refractivity contribution in [3.05, 3.63) is 53.3 Å². The second-order valence-corrected chi connectivity index (χ2v) is 6.14. The Morgan fingerprint density at radius 3 is 2.48 bits per heavy atom. The summed E-state index contributed by atoms with van der Waals surface area (Å²) in [5.41, 5.74) is -0.620. The predicted octanol–water partition coefficient (Wildman–Crippen LogP) is 3.40. The highest BCUT2D eigenvalue weighted by Crippen LogP contribution is 2.28. The van der Waals surface area contributed by atoms with Crippen molar-refractivity contribution in [3.8, 4) is 0 Å². The molecule has 1 heterocycles. The number of hydrogen-bond acceptors (Lipinski definition) is 3. The number of nitrogens with one attached hydrogen (secondary N) is 1. The van der Waals surface area contributed by atoms with Gasteiger partial charge in [0.2, 0.25) is 0 Å². The van der Waals surface area contributed by atoms with Crippen LogP contribution in [0.2, 0.25) is 0 Å². The van der Waals surface area contributed by atoms with Gasteiger partial charge in [-0.3, -0.25) is 9.00 Å². The molecule has 23 heavy (non-hydrogen) atoms. The van der Waals surface area contributed by atoms with E-state index in [1.165, 1.54) is 13.2 Å². The van der Waals surface area contributed by atoms with E-state index < -0.39 is 28.6 Å². The van der Waals surface area contributed by atoms with Crippen molar-refractivity contribution < 1.29 is 22.2 Å². The fourth-order valence-electron chi connectivity index (χ4n) is 1.91. The molecule has 0 aliphatic carbocycles. The van der Waals surface area contributed by atoms with E-state index in [9.17, 15) is 22.2 Å². The monoisotopic (exact) mass is 342 g/mol. The van der Waals surface area contributed by atoms with Crippen LogP contribution in [0.1, 0.15) is 21.7 Å². The molecule has 0 saturated carbocycles. The zero-order valence-corrected chi connectivity index (χ0v) is 13.1. The number of rotatable bonds is 3. The van der Waals surface area contributed by atoms with Gasteiger partial charge in [-0.15, -0.1) is 0 Å². The Morgan fingerprint density at radius 1 is 1.22 bits per heavy atom. The Labute approximate surface area is 133 Å². The maximum Gasteiger partial charge on any atom is 0.433 e. The zero-order chi connectivity index (χ0) is 17.2. The number of nitrogens with zero attached hydrogens (tertiary/aromatic N) is 1. The number of hydrogen-bond donors (Lipinski definition) is 1. The van der Waals surface area contributed by atoms with Crippen LogP contribution in [-0.4, -0.2) is 21.4 Å². The first-order valence-corrected chi connectivity index (χ1v) is 8.04. The highest BCUT2D eigenvalue weighted by Gasteiger charge is 2.33. The molecular formula is C15H13F3N2O2S. The third-order valence-electron chi connectivity index (χ3n) is 3.04. The number of aryl methyl sites for hydroxylation is 1. The summed E-state index contributed by atoms with van der Waals surface area (Å²) in [4.78, 5) is 16.1. The molecule has 0 saturated heterocycles. The third kappa shape index (κ3) is 4.16. The maximum atomic E-state index is 12.6. The first-order chi connectivity index (χ1) is 10.7. The molecule has 4 nitrogen and oxygen atoms in total. The summed E-state index contributed by atoms with van der Waals surface area (Å²) in [5, 5.41) is 2.56. The molecule has 1 aromatic heterocycles. The molecule has 8 heteroatoms. The molecule has 1 N–H and O–H groups in total. The predicted molar refractivity (Wildman–Crippen MR) is 80.7 cm³/mol. The van der Waals surface area contributed by atoms with Gasteiger partial charge in [0.05, 0.1) is 11.3 Å². The van der Waals surface area contributed by atoms with Crippen LogP contribution in [0.5, 0.6) is 0 Å². The van der Waals surface area contributed by atoms with Gasteiger partial charge in [0.25, 0.3) is 5.91 Å². The first-order valence-electron chi connectivity index (χ1n) is 6.48. The normalized spacial score (nSPS) is 12.7. The number of amides is 1. The van der Waals surface area contributed by atoms with Crippen LogP contribution in [0.25, 0.3) is 0 Å². The SMILES string of the molecule is Cc1nc(C(F)(F)F)ccc1C(=O)Nc1cccc([S@@](C)=O)c1. The Balaban J connectivity index is 2.24. The Kier molecular flexibility index (Phi) is 4.84. The highest BCUT2D eigenvalue weighted by atomic mass is 32.2. The molecule has 1 atom stereocenters. The molecular weight excluding hydrogens is 329 g/mol. The molecule has 1 amide bonds. The lowest BCUT2D eigenvalue weighted by atomic mass is 10.1. The van der Waals surface area contributed by atoms with Crippen molar-refractivity contribution in [1.29, 1.82) is 0 Å². The molecule has 2 rings (SSSR count). The van der Waals surface area contributed by atoms with E-state index in [0.717, 1.165) is 12.1 Å². The summed E-state index contributed by atoms with van der Waals surface area (Å²) in [6.45, 7) is 1.33. The van der Waals surface area contributed by atoms with E-state index >= 15 is 0 Å². The van der Waals surface area contributed by atoms with Gasteiger partial charge in [-0.2, -0.15) is 13.2 Å². The Hall–Kier alpha value is -2.22. The third-order valence-corrected chi connectivity index (χ3v) is 3.96. The fraction of sp³-hybridized carbons (Fsp3) is 0.200. The molecule has 0 aliphatic heterocycles. The van der Waals surface area contributed by atoms with Gasteiger partial charge in [0.1, 0.15) is 5.69 Å². The number of alkyl halides is 3. The average molecular weight is 342 g/mol. The first kappa shape index (κ1) is 17.1. The van der Waals surface area contributed by atoms with E-state index in [1.54, 1.807) is 24.3 Å². The van der Waals surface area contributed by atoms with Crippen molar-refractivity contribution in [2.75, 3.05) is 11.6 Å². The minimum absolute atomic E-state index is 0.0208. The number of carbonyl (C=O) groups is 1. The lowest BCUT2D eigenvalue weighted by molar-refractivity contribution is -0.141. The number of benzene rings is 1. The van der Waals surface area contributed by atoms with Crippen molar-refractivity contribution in [3.63, 3.8) is 0 Å². The van der Waals surface area contributed by atoms with Crippen LogP contribution in [0, 0.1) is 6.92 Å². The van der Waals surface area contributed by atoms with Crippen LogP contribution >= 0.6 is 0 Å². The summed E-state index contributed by atoms with van der Waals surface area (Å²) in [6.07, 6.45) is -3.05. The van der Waals surface area contributed by atoms with Crippen molar-refractivity contribution in [2.45, 2.75) is 18.0 Å². The summed E-state index contributed by atoms with van der Waals surface area (Å²) < 4.78 is 49.1. The van der Waals surface area contributed by atoms with Gasteiger partial charge in [-0.25, -0.2) is 4.98 Å². The van der Waals surface area contributed by atoms with Crippen LogP contribution in [-0.2, 0) is 17.0 Å². The van der Waals surface area contributed by atoms with Crippen LogP contribution < -0.4 is 5.32 Å². The second kappa shape index (κ2) is 6.49. The van der Waals surface area contributed by atoms with E-state index in [1.807, 2.05) is 0 Å². The van der Waals surface area contributed by atoms with Gasteiger partial charge >= 0.3 is 6.18 Å². The number of aromatic nitrogens is 1. The standard InChI is InChI=1S/C15H13F3N2O2S/c1-9-12(6-7-13(19-9)15(16,17)18)14(21)20-10-4-3-5-11(8-10)23(2)22/h3-8H,1-2H3,(H,20,21)/t23-/m1/s1. The highest BCUT2D eigenvalue weighted by molar-refractivity contribution is 7.84. The molecule has 0 unspecified atom stereocenters. The Bertz CT molecular complexity index is 776. The number of halogens is 3. The lowest BCUT2D eigenvalue weighted by Gasteiger charge is -2.11. The maximum absolute atomic E-state index is 12.6. The van der Waals surface area contributed by atoms with E-state index in [0.29, 0.717) is 10.6 Å². The molecule has 2 aromatic rings. The van der Waals surface area contributed by atoms with Gasteiger partial charge in [0, 0.05) is 27.6 Å². The summed E-state index contributed by atoms with van der Waals surface area (Å²) >= 11 is 0. The van der Waals surface area contributed by atoms with E-state index in [2.05, 4.69) is 10.3 Å². The lowest BCUT2D eigenvalue weighted by Crippen LogP contribution is -2.16. The van der Waals surface area contributed by atoms with E-state index in [-0.39, 0.29) is 11.3 Å². The smallest absolute Gasteiger partial charge is 0.322 e. The minimum Gasteiger partial charge on any atom is -0.322 e. The van der Waals surface area contributed by atoms with Crippen molar-refractivity contribution >= 4 is 22.4 Å². The molecule has 1 aromatic carbocycles. The Morgan fingerprint density at radius 2 is 1.91 bits per heavy atom. The molecule has 122 valence electrons. The molecule has 0 spiro atoms. The van der Waals surface area contributed by atoms with Gasteiger partial charge in [-0.05, 0) is 37.3 Å². The van der Waals surface area contributed by atoms with Crippen molar-refractivity contribution in [1.82, 2.24) is 4.98 Å². The van der Waals surface area contributed by atoms with Gasteiger partial charge in [-0.1, -0.05) is 6.07 Å². The van der Waals surface area contributed by atoms with Crippen molar-refractivity contribution in [2.24, 2.45) is 0 Å². The van der Waals surface area contributed by atoms with Crippen LogP contribution in [0.3, 0.4) is 0 Å². The second-order valence-electron chi connectivity index (χ2n) is 4.76. The van der Waals surface area contributed by atoms with E-state index in [4.69, 9.17) is 0 Å². The van der Waals surface area contributed by atoms with Crippen LogP contribution in [0.15, 0.2) is 41.3 Å². The largest absolute Gasteiger partial charge is 0.433 e. The molecule has 0 bridgehead atoms. The fourth-order valence-corrected chi connectivity index (χ4v) is 2.47. The number of anilines is 1. The summed E-state index contributed by atoms with van der Waals surface area (Å²) in [6, 6.07) is 8.27. The summed E-state index contributed by atoms with van der Waals surface area (Å²) in [7, 11) is -1.20. The van der Waals surface area contributed by atoms with Crippen LogP contribution in [0.4, 0.5) is 18.9 Å². The quantitative estimate of drug-likeness (QED) is 0.930. The molecule has 0 aliphatic rings. The minimum atomic E-state index is -4.56. The number of pyridine rings is 1. The van der Waals surface area contributed by atoms with Gasteiger partial charge in [0.15, 0.2) is 0 Å². The van der Waals surface area contributed by atoms with Gasteiger partial charge < -0.3 is 5.32 Å². The topological polar surface area (TPSA) is 59.1 Å². The molecule has 0 fully saturated rings. The zero-order valence-electron chi connectivity index (χ0n) is 12.3. The number of carbonyl (C=O) groups excluding carboxylic acids is 1. The summed E-state index contributed by atoms with van der Waals surface area (Å²) in [5.74, 6) is -0.581. The molecule has 0 radical (unpaired) electrons.